The lowest BCUT2D eigenvalue weighted by atomic mass is 10.1. The third kappa shape index (κ3) is 1.32. The van der Waals surface area contributed by atoms with E-state index in [1.165, 1.54) is 17.2 Å². The highest BCUT2D eigenvalue weighted by Crippen LogP contribution is 2.53. The van der Waals surface area contributed by atoms with Crippen LogP contribution < -0.4 is 5.73 Å². The molecule has 2 aliphatic rings. The fourth-order valence-corrected chi connectivity index (χ4v) is 2.77. The average molecular weight is 279 g/mol. The van der Waals surface area contributed by atoms with Gasteiger partial charge >= 0.3 is 0 Å². The van der Waals surface area contributed by atoms with Crippen LogP contribution in [0.25, 0.3) is 11.2 Å². The highest BCUT2D eigenvalue weighted by molar-refractivity contribution is 5.81. The van der Waals surface area contributed by atoms with E-state index in [1.807, 2.05) is 0 Å². The van der Waals surface area contributed by atoms with Crippen molar-refractivity contribution >= 4 is 17.0 Å². The first-order valence-corrected chi connectivity index (χ1v) is 6.19. The molecule has 106 valence electrons. The van der Waals surface area contributed by atoms with E-state index in [-0.39, 0.29) is 5.82 Å². The fraction of sp³-hybridized carbons (Fsp3) is 0.545. The van der Waals surface area contributed by atoms with Crippen LogP contribution in [0.3, 0.4) is 0 Å². The Morgan fingerprint density at radius 2 is 2.05 bits per heavy atom. The molecule has 5 N–H and O–H groups in total. The van der Waals surface area contributed by atoms with Crippen LogP contribution in [0.2, 0.25) is 0 Å². The van der Waals surface area contributed by atoms with Gasteiger partial charge in [0.25, 0.3) is 0 Å². The van der Waals surface area contributed by atoms with Crippen molar-refractivity contribution in [1.29, 1.82) is 0 Å². The molecule has 2 fully saturated rings. The summed E-state index contributed by atoms with van der Waals surface area (Å²) < 4.78 is 7.15. The Morgan fingerprint density at radius 3 is 2.70 bits per heavy atom. The smallest absolute Gasteiger partial charge is 0.167 e. The lowest BCUT2D eigenvalue weighted by Crippen LogP contribution is -2.34. The SMILES string of the molecule is Nc1ncnc2c1ncn2C1O[C@]2(C[C@@H]2O)C(O)C1O. The fourth-order valence-electron chi connectivity index (χ4n) is 2.77. The van der Waals surface area contributed by atoms with E-state index in [0.717, 1.165) is 0 Å². The van der Waals surface area contributed by atoms with E-state index in [0.29, 0.717) is 17.6 Å². The average Bonchev–Trinajstić information content (AvgIpc) is 2.80. The number of nitrogen functional groups attached to an aromatic ring is 1. The number of hydrogen-bond donors (Lipinski definition) is 4. The van der Waals surface area contributed by atoms with Crippen molar-refractivity contribution in [2.45, 2.75) is 36.6 Å². The molecule has 1 saturated heterocycles. The maximum atomic E-state index is 10.1. The van der Waals surface area contributed by atoms with Crippen molar-refractivity contribution in [2.75, 3.05) is 5.73 Å². The zero-order chi connectivity index (χ0) is 14.1. The molecule has 1 aliphatic heterocycles. The van der Waals surface area contributed by atoms with Gasteiger partial charge in [0.15, 0.2) is 17.7 Å². The highest BCUT2D eigenvalue weighted by Gasteiger charge is 2.69. The van der Waals surface area contributed by atoms with Gasteiger partial charge in [-0.2, -0.15) is 0 Å². The number of nitrogens with zero attached hydrogens (tertiary/aromatic N) is 4. The molecule has 4 rings (SSSR count). The molecule has 9 heteroatoms. The van der Waals surface area contributed by atoms with Crippen LogP contribution in [0.1, 0.15) is 12.6 Å². The Labute approximate surface area is 112 Å². The van der Waals surface area contributed by atoms with Crippen LogP contribution in [0.5, 0.6) is 0 Å². The summed E-state index contributed by atoms with van der Waals surface area (Å²) in [5.41, 5.74) is 5.42. The summed E-state index contributed by atoms with van der Waals surface area (Å²) in [6.45, 7) is 0. The zero-order valence-corrected chi connectivity index (χ0v) is 10.3. The van der Waals surface area contributed by atoms with Crippen molar-refractivity contribution in [3.63, 3.8) is 0 Å². The normalized spacial score (nSPS) is 39.8. The molecule has 0 amide bonds. The van der Waals surface area contributed by atoms with Crippen molar-refractivity contribution in [3.8, 4) is 0 Å². The molecule has 3 heterocycles. The molecule has 3 unspecified atom stereocenters. The summed E-state index contributed by atoms with van der Waals surface area (Å²) in [5, 5.41) is 29.8. The first-order chi connectivity index (χ1) is 9.54. The second-order valence-corrected chi connectivity index (χ2v) is 5.20. The summed E-state index contributed by atoms with van der Waals surface area (Å²) in [4.78, 5) is 12.0. The van der Waals surface area contributed by atoms with Crippen LogP contribution in [-0.2, 0) is 4.74 Å². The number of aliphatic hydroxyl groups is 3. The Kier molecular flexibility index (Phi) is 2.18. The predicted octanol–water partition coefficient (Wildman–Crippen LogP) is -1.84. The molecule has 5 atom stereocenters. The lowest BCUT2D eigenvalue weighted by molar-refractivity contribution is -0.0633. The number of imidazole rings is 1. The molecule has 0 bridgehead atoms. The van der Waals surface area contributed by atoms with Crippen LogP contribution in [0.15, 0.2) is 12.7 Å². The zero-order valence-electron chi connectivity index (χ0n) is 10.3. The Bertz CT molecular complexity index is 691. The Balaban J connectivity index is 1.79. The number of nitrogens with two attached hydrogens (primary N) is 1. The van der Waals surface area contributed by atoms with E-state index >= 15 is 0 Å². The van der Waals surface area contributed by atoms with Crippen LogP contribution in [-0.4, -0.2) is 58.8 Å². The minimum Gasteiger partial charge on any atom is -0.390 e. The molecule has 1 saturated carbocycles. The quantitative estimate of drug-likeness (QED) is 0.477. The van der Waals surface area contributed by atoms with Gasteiger partial charge in [0.05, 0.1) is 12.4 Å². The monoisotopic (exact) mass is 279 g/mol. The standard InChI is InChI=1S/C11H13N5O4/c12-8-5-9(14-2-13-8)16(3-15-5)10-6(18)7(19)11(20-10)1-4(11)17/h2-4,6-7,10,17-19H,1H2,(H2,12,13,14)/t4-,6?,7?,10?,11-/m0/s1. The molecule has 0 radical (unpaired) electrons. The van der Waals surface area contributed by atoms with E-state index in [4.69, 9.17) is 10.5 Å². The second-order valence-electron chi connectivity index (χ2n) is 5.20. The predicted molar refractivity (Wildman–Crippen MR) is 65.2 cm³/mol. The van der Waals surface area contributed by atoms with Gasteiger partial charge < -0.3 is 25.8 Å². The van der Waals surface area contributed by atoms with Crippen molar-refractivity contribution in [3.05, 3.63) is 12.7 Å². The van der Waals surface area contributed by atoms with Gasteiger partial charge in [-0.1, -0.05) is 0 Å². The number of aromatic nitrogens is 4. The lowest BCUT2D eigenvalue weighted by Gasteiger charge is -2.16. The summed E-state index contributed by atoms with van der Waals surface area (Å²) in [6, 6.07) is 0. The number of aliphatic hydroxyl groups excluding tert-OH is 3. The number of rotatable bonds is 1. The largest absolute Gasteiger partial charge is 0.390 e. The Morgan fingerprint density at radius 1 is 1.30 bits per heavy atom. The van der Waals surface area contributed by atoms with E-state index in [1.54, 1.807) is 0 Å². The molecule has 2 aromatic heterocycles. The van der Waals surface area contributed by atoms with Gasteiger partial charge in [-0.25, -0.2) is 15.0 Å². The number of ether oxygens (including phenoxy) is 1. The molecule has 1 spiro atoms. The Hall–Kier alpha value is -1.81. The van der Waals surface area contributed by atoms with Gasteiger partial charge in [0, 0.05) is 6.42 Å². The highest BCUT2D eigenvalue weighted by atomic mass is 16.6. The van der Waals surface area contributed by atoms with Crippen molar-refractivity contribution in [1.82, 2.24) is 19.5 Å². The maximum absolute atomic E-state index is 10.1. The molecule has 0 aromatic carbocycles. The molecule has 2 aromatic rings. The maximum Gasteiger partial charge on any atom is 0.167 e. The molecule has 9 nitrogen and oxygen atoms in total. The minimum absolute atomic E-state index is 0.225. The first kappa shape index (κ1) is 12.0. The third-order valence-corrected chi connectivity index (χ3v) is 4.03. The van der Waals surface area contributed by atoms with Crippen LogP contribution in [0, 0.1) is 0 Å². The van der Waals surface area contributed by atoms with Crippen LogP contribution in [0.4, 0.5) is 5.82 Å². The van der Waals surface area contributed by atoms with E-state index in [2.05, 4.69) is 15.0 Å². The van der Waals surface area contributed by atoms with E-state index in [9.17, 15) is 15.3 Å². The minimum atomic E-state index is -1.18. The van der Waals surface area contributed by atoms with Gasteiger partial charge in [0.1, 0.15) is 29.7 Å². The van der Waals surface area contributed by atoms with Crippen LogP contribution >= 0.6 is 0 Å². The van der Waals surface area contributed by atoms with E-state index < -0.39 is 30.1 Å². The summed E-state index contributed by atoms with van der Waals surface area (Å²) >= 11 is 0. The summed E-state index contributed by atoms with van der Waals surface area (Å²) in [5.74, 6) is 0.225. The molecular formula is C11H13N5O4. The number of hydrogen-bond acceptors (Lipinski definition) is 8. The molecule has 1 aliphatic carbocycles. The summed E-state index contributed by atoms with van der Waals surface area (Å²) in [7, 11) is 0. The van der Waals surface area contributed by atoms with Gasteiger partial charge in [0.2, 0.25) is 0 Å². The van der Waals surface area contributed by atoms with Gasteiger partial charge in [-0.05, 0) is 0 Å². The molecular weight excluding hydrogens is 266 g/mol. The van der Waals surface area contributed by atoms with Crippen molar-refractivity contribution < 1.29 is 20.1 Å². The number of anilines is 1. The van der Waals surface area contributed by atoms with Gasteiger partial charge in [-0.15, -0.1) is 0 Å². The second kappa shape index (κ2) is 3.64. The van der Waals surface area contributed by atoms with Crippen molar-refractivity contribution in [2.24, 2.45) is 0 Å². The third-order valence-electron chi connectivity index (χ3n) is 4.03. The molecule has 20 heavy (non-hydrogen) atoms. The topological polar surface area (TPSA) is 140 Å². The number of fused-ring (bicyclic) bond motifs is 1. The first-order valence-electron chi connectivity index (χ1n) is 6.19. The summed E-state index contributed by atoms with van der Waals surface area (Å²) in [6.07, 6.45) is -0.974. The van der Waals surface area contributed by atoms with Gasteiger partial charge in [-0.3, -0.25) is 4.57 Å².